The first-order valence-electron chi connectivity index (χ1n) is 5.33. The third-order valence-electron chi connectivity index (χ3n) is 2.23. The van der Waals surface area contributed by atoms with Gasteiger partial charge in [0.1, 0.15) is 5.82 Å². The molecule has 2 N–H and O–H groups in total. The molecule has 0 heterocycles. The van der Waals surface area contributed by atoms with Crippen LogP contribution in [0.4, 0.5) is 4.39 Å². The molecule has 0 radical (unpaired) electrons. The second kappa shape index (κ2) is 5.92. The van der Waals surface area contributed by atoms with Crippen molar-refractivity contribution in [3.8, 4) is 0 Å². The Hall–Kier alpha value is -1.47. The Labute approximate surface area is 105 Å². The maximum Gasteiger partial charge on any atom is 0.240 e. The Bertz CT molecular complexity index is 543. The second-order valence-electron chi connectivity index (χ2n) is 3.79. The highest BCUT2D eigenvalue weighted by Crippen LogP contribution is 2.13. The monoisotopic (exact) mass is 274 g/mol. The summed E-state index contributed by atoms with van der Waals surface area (Å²) in [5, 5.41) is 2.46. The third-order valence-corrected chi connectivity index (χ3v) is 3.69. The first-order valence-corrected chi connectivity index (χ1v) is 6.81. The van der Waals surface area contributed by atoms with Crippen LogP contribution in [-0.4, -0.2) is 27.4 Å². The van der Waals surface area contributed by atoms with Crippen LogP contribution in [0.1, 0.15) is 12.5 Å². The number of hydrogen-bond donors (Lipinski definition) is 2. The van der Waals surface area contributed by atoms with Crippen molar-refractivity contribution < 1.29 is 17.6 Å². The number of benzene rings is 1. The molecule has 0 aliphatic heterocycles. The normalized spacial score (nSPS) is 11.3. The molecule has 1 amide bonds. The van der Waals surface area contributed by atoms with Crippen molar-refractivity contribution in [1.82, 2.24) is 10.0 Å². The van der Waals surface area contributed by atoms with Crippen LogP contribution in [0.3, 0.4) is 0 Å². The molecule has 1 aromatic carbocycles. The second-order valence-corrected chi connectivity index (χ2v) is 5.56. The van der Waals surface area contributed by atoms with Gasteiger partial charge >= 0.3 is 0 Å². The van der Waals surface area contributed by atoms with Crippen molar-refractivity contribution >= 4 is 15.9 Å². The molecule has 0 saturated carbocycles. The Morgan fingerprint density at radius 1 is 1.33 bits per heavy atom. The van der Waals surface area contributed by atoms with E-state index >= 15 is 0 Å². The van der Waals surface area contributed by atoms with E-state index in [9.17, 15) is 17.6 Å². The van der Waals surface area contributed by atoms with Crippen molar-refractivity contribution in [2.75, 3.05) is 13.1 Å². The van der Waals surface area contributed by atoms with Gasteiger partial charge in [-0.1, -0.05) is 0 Å². The van der Waals surface area contributed by atoms with Crippen LogP contribution in [0.15, 0.2) is 23.1 Å². The largest absolute Gasteiger partial charge is 0.355 e. The van der Waals surface area contributed by atoms with E-state index in [0.29, 0.717) is 0 Å². The highest BCUT2D eigenvalue weighted by atomic mass is 32.2. The van der Waals surface area contributed by atoms with Crippen molar-refractivity contribution in [2.45, 2.75) is 18.7 Å². The first kappa shape index (κ1) is 14.6. The zero-order valence-electron chi connectivity index (χ0n) is 10.2. The number of carbonyl (C=O) groups excluding carboxylic acids is 1. The van der Waals surface area contributed by atoms with Crippen LogP contribution >= 0.6 is 0 Å². The highest BCUT2D eigenvalue weighted by Gasteiger charge is 2.14. The van der Waals surface area contributed by atoms with Gasteiger partial charge in [-0.3, -0.25) is 4.79 Å². The third kappa shape index (κ3) is 4.08. The fourth-order valence-electron chi connectivity index (χ4n) is 1.29. The summed E-state index contributed by atoms with van der Waals surface area (Å²) in [5.74, 6) is -0.681. The van der Waals surface area contributed by atoms with E-state index in [2.05, 4.69) is 10.0 Å². The molecule has 0 unspecified atom stereocenters. The van der Waals surface area contributed by atoms with Gasteiger partial charge in [0.2, 0.25) is 15.9 Å². The number of aryl methyl sites for hydroxylation is 1. The summed E-state index contributed by atoms with van der Waals surface area (Å²) >= 11 is 0. The number of rotatable bonds is 5. The Morgan fingerprint density at radius 2 is 2.00 bits per heavy atom. The van der Waals surface area contributed by atoms with E-state index in [1.165, 1.54) is 26.0 Å². The van der Waals surface area contributed by atoms with E-state index in [0.717, 1.165) is 6.07 Å². The number of amides is 1. The maximum absolute atomic E-state index is 13.0. The van der Waals surface area contributed by atoms with Crippen LogP contribution in [0.5, 0.6) is 0 Å². The Kier molecular flexibility index (Phi) is 4.80. The Balaban J connectivity index is 2.68. The molecule has 1 aromatic rings. The van der Waals surface area contributed by atoms with Gasteiger partial charge in [-0.05, 0) is 30.7 Å². The van der Waals surface area contributed by atoms with Crippen molar-refractivity contribution in [3.63, 3.8) is 0 Å². The minimum atomic E-state index is -3.67. The zero-order chi connectivity index (χ0) is 13.8. The van der Waals surface area contributed by atoms with Gasteiger partial charge in [-0.25, -0.2) is 17.5 Å². The van der Waals surface area contributed by atoms with E-state index < -0.39 is 15.8 Å². The summed E-state index contributed by atoms with van der Waals surface area (Å²) < 4.78 is 38.9. The van der Waals surface area contributed by atoms with Crippen LogP contribution < -0.4 is 10.0 Å². The smallest absolute Gasteiger partial charge is 0.240 e. The quantitative estimate of drug-likeness (QED) is 0.770. The van der Waals surface area contributed by atoms with E-state index in [-0.39, 0.29) is 29.5 Å². The molecule has 0 aliphatic carbocycles. The summed E-state index contributed by atoms with van der Waals surface area (Å²) in [5.41, 5.74) is 0.264. The SMILES string of the molecule is CC(=O)NCCNS(=O)(=O)c1ccc(F)c(C)c1. The van der Waals surface area contributed by atoms with Crippen molar-refractivity contribution in [3.05, 3.63) is 29.6 Å². The lowest BCUT2D eigenvalue weighted by molar-refractivity contribution is -0.118. The summed E-state index contributed by atoms with van der Waals surface area (Å²) in [6.45, 7) is 3.12. The van der Waals surface area contributed by atoms with Crippen LogP contribution in [0.25, 0.3) is 0 Å². The molecule has 0 atom stereocenters. The van der Waals surface area contributed by atoms with Crippen molar-refractivity contribution in [1.29, 1.82) is 0 Å². The molecule has 0 saturated heterocycles. The molecule has 5 nitrogen and oxygen atoms in total. The summed E-state index contributed by atoms with van der Waals surface area (Å²) in [6.07, 6.45) is 0. The highest BCUT2D eigenvalue weighted by molar-refractivity contribution is 7.89. The number of carbonyl (C=O) groups is 1. The number of halogens is 1. The van der Waals surface area contributed by atoms with E-state index in [4.69, 9.17) is 0 Å². The molecule has 0 spiro atoms. The minimum Gasteiger partial charge on any atom is -0.355 e. The molecule has 0 fully saturated rings. The predicted octanol–water partition coefficient (Wildman–Crippen LogP) is 0.549. The molecule has 0 aliphatic rings. The molecule has 7 heteroatoms. The van der Waals surface area contributed by atoms with Gasteiger partial charge in [0.05, 0.1) is 4.90 Å². The lowest BCUT2D eigenvalue weighted by Gasteiger charge is -2.08. The van der Waals surface area contributed by atoms with Crippen LogP contribution in [0.2, 0.25) is 0 Å². The molecule has 100 valence electrons. The standard InChI is InChI=1S/C11H15FN2O3S/c1-8-7-10(3-4-11(8)12)18(16,17)14-6-5-13-9(2)15/h3-4,7,14H,5-6H2,1-2H3,(H,13,15). The van der Waals surface area contributed by atoms with E-state index in [1.54, 1.807) is 0 Å². The fourth-order valence-corrected chi connectivity index (χ4v) is 2.41. The zero-order valence-corrected chi connectivity index (χ0v) is 11.0. The lowest BCUT2D eigenvalue weighted by atomic mass is 10.2. The van der Waals surface area contributed by atoms with E-state index in [1.807, 2.05) is 0 Å². The van der Waals surface area contributed by atoms with Gasteiger partial charge in [0.25, 0.3) is 0 Å². The first-order chi connectivity index (χ1) is 8.33. The van der Waals surface area contributed by atoms with Gasteiger partial charge in [0, 0.05) is 20.0 Å². The molecule has 18 heavy (non-hydrogen) atoms. The average molecular weight is 274 g/mol. The molecular formula is C11H15FN2O3S. The minimum absolute atomic E-state index is 0.00391. The molecular weight excluding hydrogens is 259 g/mol. The molecule has 0 bridgehead atoms. The Morgan fingerprint density at radius 3 is 2.56 bits per heavy atom. The van der Waals surface area contributed by atoms with Crippen molar-refractivity contribution in [2.24, 2.45) is 0 Å². The van der Waals surface area contributed by atoms with Crippen LogP contribution in [0, 0.1) is 12.7 Å². The summed E-state index contributed by atoms with van der Waals surface area (Å²) in [6, 6.07) is 3.57. The lowest BCUT2D eigenvalue weighted by Crippen LogP contribution is -2.33. The maximum atomic E-state index is 13.0. The summed E-state index contributed by atoms with van der Waals surface area (Å²) in [7, 11) is -3.67. The number of nitrogens with one attached hydrogen (secondary N) is 2. The van der Waals surface area contributed by atoms with Gasteiger partial charge < -0.3 is 5.32 Å². The molecule has 1 rings (SSSR count). The average Bonchev–Trinajstić information content (AvgIpc) is 2.28. The summed E-state index contributed by atoms with van der Waals surface area (Å²) in [4.78, 5) is 10.6. The number of sulfonamides is 1. The predicted molar refractivity (Wildman–Crippen MR) is 65.0 cm³/mol. The fraction of sp³-hybridized carbons (Fsp3) is 0.364. The topological polar surface area (TPSA) is 75.3 Å². The molecule has 0 aromatic heterocycles. The van der Waals surface area contributed by atoms with Gasteiger partial charge in [-0.15, -0.1) is 0 Å². The van der Waals surface area contributed by atoms with Gasteiger partial charge in [0.15, 0.2) is 0 Å². The number of hydrogen-bond acceptors (Lipinski definition) is 3. The van der Waals surface area contributed by atoms with Crippen LogP contribution in [-0.2, 0) is 14.8 Å². The van der Waals surface area contributed by atoms with Gasteiger partial charge in [-0.2, -0.15) is 0 Å².